The maximum absolute atomic E-state index is 4.87. The lowest BCUT2D eigenvalue weighted by atomic mass is 10.2. The second-order valence-corrected chi connectivity index (χ2v) is 3.68. The third kappa shape index (κ3) is 2.24. The zero-order valence-corrected chi connectivity index (χ0v) is 8.10. The highest BCUT2D eigenvalue weighted by molar-refractivity contribution is 7.71. The highest BCUT2D eigenvalue weighted by Crippen LogP contribution is 2.20. The Hall–Kier alpha value is -0.970. The highest BCUT2D eigenvalue weighted by atomic mass is 32.1. The molecule has 0 aromatic carbocycles. The van der Waals surface area contributed by atoms with Crippen LogP contribution in [0.3, 0.4) is 0 Å². The van der Waals surface area contributed by atoms with E-state index in [9.17, 15) is 0 Å². The van der Waals surface area contributed by atoms with Crippen molar-refractivity contribution < 1.29 is 0 Å². The summed E-state index contributed by atoms with van der Waals surface area (Å²) >= 11 is 4.87. The number of nitrogens with zero attached hydrogens (tertiary/aromatic N) is 2. The van der Waals surface area contributed by atoms with E-state index in [1.54, 1.807) is 6.20 Å². The standard InChI is InChI=1S/C8H12N4S/c13-8-11-7(5-9-12-8)10-6-3-1-2-4-6/h5-6H,1-4H2,(H2,10,11,12,13). The molecule has 1 aromatic heterocycles. The van der Waals surface area contributed by atoms with Gasteiger partial charge in [-0.2, -0.15) is 5.10 Å². The molecule has 5 heteroatoms. The summed E-state index contributed by atoms with van der Waals surface area (Å²) in [5.74, 6) is 0.788. The lowest BCUT2D eigenvalue weighted by Gasteiger charge is -2.10. The Kier molecular flexibility index (Phi) is 2.54. The minimum absolute atomic E-state index is 0.433. The van der Waals surface area contributed by atoms with Gasteiger partial charge in [0.05, 0.1) is 6.20 Å². The van der Waals surface area contributed by atoms with E-state index in [2.05, 4.69) is 20.5 Å². The number of aromatic amines is 1. The zero-order chi connectivity index (χ0) is 9.10. The molecule has 0 bridgehead atoms. The van der Waals surface area contributed by atoms with Gasteiger partial charge in [-0.3, -0.25) is 5.10 Å². The molecule has 1 fully saturated rings. The molecule has 0 unspecified atom stereocenters. The third-order valence-corrected chi connectivity index (χ3v) is 2.46. The summed E-state index contributed by atoms with van der Waals surface area (Å²) in [4.78, 5) is 4.12. The van der Waals surface area contributed by atoms with Crippen molar-refractivity contribution in [3.63, 3.8) is 0 Å². The van der Waals surface area contributed by atoms with Crippen LogP contribution in [0.25, 0.3) is 0 Å². The molecule has 1 saturated carbocycles. The summed E-state index contributed by atoms with van der Waals surface area (Å²) in [6, 6.07) is 0.561. The summed E-state index contributed by atoms with van der Waals surface area (Å²) in [6.45, 7) is 0. The molecule has 1 heterocycles. The van der Waals surface area contributed by atoms with Crippen LogP contribution in [0.2, 0.25) is 0 Å². The van der Waals surface area contributed by atoms with Gasteiger partial charge in [0.15, 0.2) is 0 Å². The van der Waals surface area contributed by atoms with Crippen molar-refractivity contribution in [2.75, 3.05) is 5.32 Å². The Morgan fingerprint density at radius 2 is 2.23 bits per heavy atom. The van der Waals surface area contributed by atoms with Gasteiger partial charge in [-0.15, -0.1) is 0 Å². The highest BCUT2D eigenvalue weighted by Gasteiger charge is 2.14. The van der Waals surface area contributed by atoms with Gasteiger partial charge in [0, 0.05) is 6.04 Å². The fourth-order valence-electron chi connectivity index (χ4n) is 1.66. The quantitative estimate of drug-likeness (QED) is 0.709. The van der Waals surface area contributed by atoms with Crippen LogP contribution in [-0.2, 0) is 0 Å². The second-order valence-electron chi connectivity index (χ2n) is 3.30. The fraction of sp³-hybridized carbons (Fsp3) is 0.625. The van der Waals surface area contributed by atoms with Gasteiger partial charge in [0.1, 0.15) is 5.82 Å². The van der Waals surface area contributed by atoms with Gasteiger partial charge in [-0.25, -0.2) is 4.98 Å². The maximum Gasteiger partial charge on any atom is 0.215 e. The first-order valence-corrected chi connectivity index (χ1v) is 4.94. The molecule has 0 amide bonds. The summed E-state index contributed by atoms with van der Waals surface area (Å²) in [7, 11) is 0. The Labute approximate surface area is 81.8 Å². The minimum Gasteiger partial charge on any atom is -0.366 e. The van der Waals surface area contributed by atoms with Crippen LogP contribution in [0.15, 0.2) is 6.20 Å². The van der Waals surface area contributed by atoms with E-state index < -0.39 is 0 Å². The van der Waals surface area contributed by atoms with Gasteiger partial charge in [0.25, 0.3) is 0 Å². The number of aromatic nitrogens is 3. The molecule has 2 rings (SSSR count). The maximum atomic E-state index is 4.87. The first-order chi connectivity index (χ1) is 6.34. The Morgan fingerprint density at radius 3 is 2.92 bits per heavy atom. The molecule has 2 N–H and O–H groups in total. The molecule has 0 aliphatic heterocycles. The van der Waals surface area contributed by atoms with E-state index in [1.165, 1.54) is 25.7 Å². The molecular weight excluding hydrogens is 184 g/mol. The molecule has 1 aromatic rings. The minimum atomic E-state index is 0.433. The van der Waals surface area contributed by atoms with Crippen LogP contribution < -0.4 is 5.32 Å². The number of hydrogen-bond donors (Lipinski definition) is 2. The van der Waals surface area contributed by atoms with Gasteiger partial charge < -0.3 is 5.32 Å². The van der Waals surface area contributed by atoms with E-state index in [1.807, 2.05) is 0 Å². The van der Waals surface area contributed by atoms with Crippen molar-refractivity contribution in [2.45, 2.75) is 31.7 Å². The Balaban J connectivity index is 2.04. The monoisotopic (exact) mass is 196 g/mol. The van der Waals surface area contributed by atoms with E-state index in [0.29, 0.717) is 10.8 Å². The number of nitrogens with one attached hydrogen (secondary N) is 2. The van der Waals surface area contributed by atoms with Gasteiger partial charge in [0.2, 0.25) is 4.77 Å². The summed E-state index contributed by atoms with van der Waals surface area (Å²) in [5, 5.41) is 9.80. The topological polar surface area (TPSA) is 53.6 Å². The van der Waals surface area contributed by atoms with Crippen molar-refractivity contribution in [2.24, 2.45) is 0 Å². The van der Waals surface area contributed by atoms with E-state index in [0.717, 1.165) is 5.82 Å². The Morgan fingerprint density at radius 1 is 1.46 bits per heavy atom. The van der Waals surface area contributed by atoms with Gasteiger partial charge in [-0.05, 0) is 25.1 Å². The smallest absolute Gasteiger partial charge is 0.215 e. The molecule has 1 aliphatic carbocycles. The van der Waals surface area contributed by atoms with Gasteiger partial charge in [-0.1, -0.05) is 12.8 Å². The van der Waals surface area contributed by atoms with Crippen molar-refractivity contribution >= 4 is 18.0 Å². The summed E-state index contributed by atoms with van der Waals surface area (Å²) in [6.07, 6.45) is 6.75. The first kappa shape index (κ1) is 8.62. The number of rotatable bonds is 2. The molecular formula is C8H12N4S. The van der Waals surface area contributed by atoms with Crippen LogP contribution in [-0.4, -0.2) is 21.2 Å². The zero-order valence-electron chi connectivity index (χ0n) is 7.29. The SMILES string of the molecule is S=c1nc(NC2CCCC2)cn[nH]1. The normalized spacial score (nSPS) is 17.5. The summed E-state index contributed by atoms with van der Waals surface area (Å²) in [5.41, 5.74) is 0. The average molecular weight is 196 g/mol. The molecule has 13 heavy (non-hydrogen) atoms. The van der Waals surface area contributed by atoms with Crippen LogP contribution in [0, 0.1) is 4.77 Å². The lowest BCUT2D eigenvalue weighted by molar-refractivity contribution is 0.745. The van der Waals surface area contributed by atoms with E-state index >= 15 is 0 Å². The van der Waals surface area contributed by atoms with Gasteiger partial charge >= 0.3 is 0 Å². The number of anilines is 1. The Bertz CT molecular complexity index is 329. The molecule has 4 nitrogen and oxygen atoms in total. The average Bonchev–Trinajstić information content (AvgIpc) is 2.57. The summed E-state index contributed by atoms with van der Waals surface area (Å²) < 4.78 is 0.433. The number of hydrogen-bond acceptors (Lipinski definition) is 4. The lowest BCUT2D eigenvalue weighted by Crippen LogP contribution is -2.15. The molecule has 0 atom stereocenters. The largest absolute Gasteiger partial charge is 0.366 e. The molecule has 0 saturated heterocycles. The van der Waals surface area contributed by atoms with Crippen molar-refractivity contribution in [3.05, 3.63) is 11.0 Å². The molecule has 1 aliphatic rings. The van der Waals surface area contributed by atoms with Crippen LogP contribution in [0.5, 0.6) is 0 Å². The van der Waals surface area contributed by atoms with Crippen molar-refractivity contribution in [1.29, 1.82) is 0 Å². The molecule has 0 spiro atoms. The van der Waals surface area contributed by atoms with Crippen LogP contribution in [0.4, 0.5) is 5.82 Å². The molecule has 70 valence electrons. The van der Waals surface area contributed by atoms with E-state index in [4.69, 9.17) is 12.2 Å². The third-order valence-electron chi connectivity index (χ3n) is 2.28. The fourth-order valence-corrected chi connectivity index (χ4v) is 1.81. The van der Waals surface area contributed by atoms with Crippen LogP contribution in [0.1, 0.15) is 25.7 Å². The number of H-pyrrole nitrogens is 1. The van der Waals surface area contributed by atoms with Crippen molar-refractivity contribution in [3.8, 4) is 0 Å². The van der Waals surface area contributed by atoms with E-state index in [-0.39, 0.29) is 0 Å². The van der Waals surface area contributed by atoms with Crippen molar-refractivity contribution in [1.82, 2.24) is 15.2 Å². The second kappa shape index (κ2) is 3.83. The van der Waals surface area contributed by atoms with Crippen LogP contribution >= 0.6 is 12.2 Å². The predicted octanol–water partition coefficient (Wildman–Crippen LogP) is 1.89. The molecule has 0 radical (unpaired) electrons. The predicted molar refractivity (Wildman–Crippen MR) is 53.1 cm³/mol. The first-order valence-electron chi connectivity index (χ1n) is 4.53.